The number of anilines is 1. The van der Waals surface area contributed by atoms with Crippen molar-refractivity contribution in [2.24, 2.45) is 0 Å². The van der Waals surface area contributed by atoms with Crippen LogP contribution in [0.4, 0.5) is 5.69 Å². The van der Waals surface area contributed by atoms with Crippen molar-refractivity contribution in [1.82, 2.24) is 4.98 Å². The van der Waals surface area contributed by atoms with E-state index in [9.17, 15) is 19.8 Å². The lowest BCUT2D eigenvalue weighted by Crippen LogP contribution is -2.33. The number of ether oxygens (including phenoxy) is 3. The van der Waals surface area contributed by atoms with Crippen LogP contribution in [-0.4, -0.2) is 53.2 Å². The lowest BCUT2D eigenvalue weighted by atomic mass is 10.1. The van der Waals surface area contributed by atoms with Crippen molar-refractivity contribution in [1.29, 1.82) is 0 Å². The van der Waals surface area contributed by atoms with Crippen molar-refractivity contribution in [3.8, 4) is 11.5 Å². The van der Waals surface area contributed by atoms with Gasteiger partial charge in [0, 0.05) is 17.6 Å². The topological polar surface area (TPSA) is 127 Å². The van der Waals surface area contributed by atoms with E-state index in [1.807, 2.05) is 0 Å². The highest BCUT2D eigenvalue weighted by atomic mass is 16.7. The average Bonchev–Trinajstić information content (AvgIpc) is 3.04. The first-order valence-electron chi connectivity index (χ1n) is 7.54. The molecular weight excluding hydrogens is 332 g/mol. The van der Waals surface area contributed by atoms with Crippen molar-refractivity contribution in [2.75, 3.05) is 25.3 Å². The monoisotopic (exact) mass is 348 g/mol. The largest absolute Gasteiger partial charge is 0.480 e. The van der Waals surface area contributed by atoms with Gasteiger partial charge in [0.15, 0.2) is 11.5 Å². The van der Waals surface area contributed by atoms with Gasteiger partial charge >= 0.3 is 11.9 Å². The van der Waals surface area contributed by atoms with Crippen molar-refractivity contribution in [2.45, 2.75) is 13.0 Å². The number of esters is 1. The van der Waals surface area contributed by atoms with Gasteiger partial charge < -0.3 is 29.7 Å². The Morgan fingerprint density at radius 1 is 1.36 bits per heavy atom. The highest BCUT2D eigenvalue weighted by molar-refractivity contribution is 6.06. The van der Waals surface area contributed by atoms with E-state index < -0.39 is 24.6 Å². The molecule has 1 aliphatic heterocycles. The second-order valence-corrected chi connectivity index (χ2v) is 5.21. The molecule has 2 heterocycles. The van der Waals surface area contributed by atoms with Gasteiger partial charge in [0.25, 0.3) is 0 Å². The summed E-state index contributed by atoms with van der Waals surface area (Å²) in [6.45, 7) is 1.21. The number of carbonyl (C=O) groups excluding carboxylic acids is 1. The van der Waals surface area contributed by atoms with E-state index in [2.05, 4.69) is 10.3 Å². The maximum absolute atomic E-state index is 12.2. The summed E-state index contributed by atoms with van der Waals surface area (Å²) in [6.07, 6.45) is 1.29. The van der Waals surface area contributed by atoms with Gasteiger partial charge in [0.1, 0.15) is 11.6 Å². The van der Waals surface area contributed by atoms with E-state index in [4.69, 9.17) is 14.2 Å². The Balaban J connectivity index is 2.17. The van der Waals surface area contributed by atoms with Gasteiger partial charge in [0.2, 0.25) is 6.79 Å². The van der Waals surface area contributed by atoms with Crippen LogP contribution in [0.15, 0.2) is 18.3 Å². The molecule has 3 N–H and O–H groups in total. The molecule has 1 aromatic heterocycles. The molecule has 0 spiro atoms. The normalized spacial score (nSPS) is 13.5. The van der Waals surface area contributed by atoms with Gasteiger partial charge in [-0.1, -0.05) is 0 Å². The molecule has 9 nitrogen and oxygen atoms in total. The minimum Gasteiger partial charge on any atom is -0.480 e. The van der Waals surface area contributed by atoms with E-state index in [0.29, 0.717) is 22.4 Å². The van der Waals surface area contributed by atoms with Crippen molar-refractivity contribution >= 4 is 28.5 Å². The summed E-state index contributed by atoms with van der Waals surface area (Å²) in [4.78, 5) is 27.7. The van der Waals surface area contributed by atoms with Crippen LogP contribution in [0, 0.1) is 0 Å². The molecule has 0 unspecified atom stereocenters. The molecule has 2 aromatic rings. The number of carbonyl (C=O) groups is 2. The van der Waals surface area contributed by atoms with Gasteiger partial charge in [-0.2, -0.15) is 0 Å². The molecule has 1 aromatic carbocycles. The Kier molecular flexibility index (Phi) is 4.57. The van der Waals surface area contributed by atoms with E-state index in [1.165, 1.54) is 6.20 Å². The van der Waals surface area contributed by atoms with Crippen molar-refractivity contribution in [3.63, 3.8) is 0 Å². The predicted octanol–water partition coefficient (Wildman–Crippen LogP) is 0.998. The zero-order valence-electron chi connectivity index (χ0n) is 13.3. The van der Waals surface area contributed by atoms with Crippen molar-refractivity contribution in [3.05, 3.63) is 23.9 Å². The quantitative estimate of drug-likeness (QED) is 0.655. The van der Waals surface area contributed by atoms with E-state index >= 15 is 0 Å². The number of aliphatic hydroxyl groups is 1. The number of aliphatic carboxylic acids is 1. The number of aliphatic hydroxyl groups excluding tert-OH is 1. The smallest absolute Gasteiger partial charge is 0.341 e. The molecule has 3 rings (SSSR count). The number of carboxylic acid groups (broad SMARTS) is 1. The fraction of sp³-hybridized carbons (Fsp3) is 0.312. The number of aromatic nitrogens is 1. The fourth-order valence-electron chi connectivity index (χ4n) is 2.46. The molecule has 0 amide bonds. The molecule has 1 atom stereocenters. The predicted molar refractivity (Wildman–Crippen MR) is 86.0 cm³/mol. The lowest BCUT2D eigenvalue weighted by molar-refractivity contribution is -0.138. The van der Waals surface area contributed by atoms with E-state index in [-0.39, 0.29) is 24.7 Å². The molecule has 0 saturated carbocycles. The molecule has 132 valence electrons. The molecule has 0 radical (unpaired) electrons. The number of hydrogen-bond acceptors (Lipinski definition) is 8. The third-order valence-corrected chi connectivity index (χ3v) is 3.66. The number of benzene rings is 1. The van der Waals surface area contributed by atoms with Gasteiger partial charge in [-0.3, -0.25) is 4.98 Å². The van der Waals surface area contributed by atoms with Gasteiger partial charge in [-0.25, -0.2) is 9.59 Å². The minimum atomic E-state index is -1.30. The van der Waals surface area contributed by atoms with E-state index in [0.717, 1.165) is 0 Å². The maximum atomic E-state index is 12.2. The Labute approximate surface area is 142 Å². The summed E-state index contributed by atoms with van der Waals surface area (Å²) in [7, 11) is 0. The summed E-state index contributed by atoms with van der Waals surface area (Å²) in [5.41, 5.74) is 0.734. The molecular formula is C16H16N2O7. The van der Waals surface area contributed by atoms with Crippen LogP contribution in [0.25, 0.3) is 10.9 Å². The summed E-state index contributed by atoms with van der Waals surface area (Å²) >= 11 is 0. The molecule has 0 aliphatic carbocycles. The maximum Gasteiger partial charge on any atom is 0.341 e. The second-order valence-electron chi connectivity index (χ2n) is 5.21. The number of pyridine rings is 1. The first kappa shape index (κ1) is 16.8. The molecule has 25 heavy (non-hydrogen) atoms. The van der Waals surface area contributed by atoms with Crippen LogP contribution in [0.1, 0.15) is 17.3 Å². The standard InChI is InChI=1S/C16H16N2O7/c1-2-23-16(22)9-5-17-10-4-13-12(24-7-25-13)3-8(10)14(9)18-11(6-19)15(20)21/h3-5,11,19H,2,6-7H2,1H3,(H,17,18)(H,20,21)/t11-/m0/s1. The fourth-order valence-corrected chi connectivity index (χ4v) is 2.46. The average molecular weight is 348 g/mol. The van der Waals surface area contributed by atoms with Gasteiger partial charge in [-0.05, 0) is 13.0 Å². The van der Waals surface area contributed by atoms with Crippen LogP contribution < -0.4 is 14.8 Å². The zero-order valence-corrected chi connectivity index (χ0v) is 13.3. The number of nitrogens with zero attached hydrogens (tertiary/aromatic N) is 1. The Morgan fingerprint density at radius 2 is 2.08 bits per heavy atom. The number of nitrogens with one attached hydrogen (secondary N) is 1. The first-order valence-corrected chi connectivity index (χ1v) is 7.54. The third-order valence-electron chi connectivity index (χ3n) is 3.66. The number of carboxylic acids is 1. The van der Waals surface area contributed by atoms with Gasteiger partial charge in [0.05, 0.1) is 24.4 Å². The molecule has 0 saturated heterocycles. The first-order chi connectivity index (χ1) is 12.0. The van der Waals surface area contributed by atoms with E-state index in [1.54, 1.807) is 19.1 Å². The zero-order chi connectivity index (χ0) is 18.0. The summed E-state index contributed by atoms with van der Waals surface area (Å²) in [5.74, 6) is -0.955. The highest BCUT2D eigenvalue weighted by Crippen LogP contribution is 2.39. The van der Waals surface area contributed by atoms with Crippen molar-refractivity contribution < 1.29 is 34.0 Å². The van der Waals surface area contributed by atoms with Crippen LogP contribution in [0.5, 0.6) is 11.5 Å². The Hall–Kier alpha value is -3.07. The summed E-state index contributed by atoms with van der Waals surface area (Å²) in [6, 6.07) is 1.93. The Morgan fingerprint density at radius 3 is 2.72 bits per heavy atom. The minimum absolute atomic E-state index is 0.0629. The van der Waals surface area contributed by atoms with Crippen LogP contribution in [-0.2, 0) is 9.53 Å². The summed E-state index contributed by atoms with van der Waals surface area (Å²) in [5, 5.41) is 21.6. The second kappa shape index (κ2) is 6.81. The molecule has 0 bridgehead atoms. The number of hydrogen-bond donors (Lipinski definition) is 3. The molecule has 0 fully saturated rings. The third kappa shape index (κ3) is 3.13. The van der Waals surface area contributed by atoms with Gasteiger partial charge in [-0.15, -0.1) is 0 Å². The number of fused-ring (bicyclic) bond motifs is 2. The lowest BCUT2D eigenvalue weighted by Gasteiger charge is -2.18. The molecule has 9 heteroatoms. The highest BCUT2D eigenvalue weighted by Gasteiger charge is 2.25. The number of rotatable bonds is 6. The van der Waals surface area contributed by atoms with Crippen LogP contribution >= 0.6 is 0 Å². The summed E-state index contributed by atoms with van der Waals surface area (Å²) < 4.78 is 15.6. The van der Waals surface area contributed by atoms with Crippen LogP contribution in [0.2, 0.25) is 0 Å². The molecule has 1 aliphatic rings. The SMILES string of the molecule is CCOC(=O)c1cnc2cc3c(cc2c1N[C@@H](CO)C(=O)O)OCO3. The van der Waals surface area contributed by atoms with Crippen LogP contribution in [0.3, 0.4) is 0 Å². The Bertz CT molecular complexity index is 837.